The fourth-order valence-electron chi connectivity index (χ4n) is 3.23. The fourth-order valence-corrected chi connectivity index (χ4v) is 3.23. The van der Waals surface area contributed by atoms with Gasteiger partial charge in [0.25, 0.3) is 5.89 Å². The van der Waals surface area contributed by atoms with E-state index in [1.54, 1.807) is 37.5 Å². The van der Waals surface area contributed by atoms with Crippen molar-refractivity contribution in [1.82, 2.24) is 10.3 Å². The van der Waals surface area contributed by atoms with E-state index in [2.05, 4.69) is 10.3 Å². The van der Waals surface area contributed by atoms with Crippen molar-refractivity contribution in [2.45, 2.75) is 32.2 Å². The fraction of sp³-hybridized carbons (Fsp3) is 0.263. The van der Waals surface area contributed by atoms with Crippen molar-refractivity contribution < 1.29 is 18.0 Å². The van der Waals surface area contributed by atoms with Gasteiger partial charge in [-0.25, -0.2) is 9.37 Å². The molecule has 0 saturated carbocycles. The molecule has 5 nitrogen and oxygen atoms in total. The number of fused-ring (bicyclic) bond motifs is 1. The molecule has 4 rings (SSSR count). The van der Waals surface area contributed by atoms with Crippen LogP contribution < -0.4 is 5.32 Å². The average molecular weight is 340 g/mol. The summed E-state index contributed by atoms with van der Waals surface area (Å²) in [5.74, 6) is 1.11. The van der Waals surface area contributed by atoms with Gasteiger partial charge in [0.1, 0.15) is 11.6 Å². The minimum atomic E-state index is -0.241. The average Bonchev–Trinajstić information content (AvgIpc) is 3.29. The molecule has 128 valence electrons. The minimum absolute atomic E-state index is 0.0835. The van der Waals surface area contributed by atoms with Crippen molar-refractivity contribution in [2.75, 3.05) is 0 Å². The van der Waals surface area contributed by atoms with Crippen LogP contribution in [0.1, 0.15) is 35.0 Å². The summed E-state index contributed by atoms with van der Waals surface area (Å²) in [4.78, 5) is 16.8. The molecular weight excluding hydrogens is 323 g/mol. The van der Waals surface area contributed by atoms with Crippen LogP contribution >= 0.6 is 0 Å². The zero-order valence-corrected chi connectivity index (χ0v) is 13.7. The molecule has 1 aliphatic rings. The molecule has 1 atom stereocenters. The summed E-state index contributed by atoms with van der Waals surface area (Å²) >= 11 is 0. The first-order valence-corrected chi connectivity index (χ1v) is 8.18. The molecule has 1 N–H and O–H groups in total. The standard InChI is InChI=1S/C19H17FN2O3/c1-11-16(22-19(25-11)17-3-2-8-24-17)10-18(23)21-15-7-4-12-9-13(20)5-6-14(12)15/h2-3,5-6,8-9,15H,4,7,10H2,1H3,(H,21,23)/t15-/m1/s1. The highest BCUT2D eigenvalue weighted by Crippen LogP contribution is 2.31. The molecule has 0 radical (unpaired) electrons. The predicted molar refractivity (Wildman–Crippen MR) is 88.3 cm³/mol. The molecule has 0 aliphatic heterocycles. The molecule has 25 heavy (non-hydrogen) atoms. The molecule has 3 aromatic rings. The number of hydrogen-bond acceptors (Lipinski definition) is 4. The Kier molecular flexibility index (Phi) is 3.87. The van der Waals surface area contributed by atoms with Crippen LogP contribution in [-0.4, -0.2) is 10.9 Å². The maximum absolute atomic E-state index is 13.3. The monoisotopic (exact) mass is 340 g/mol. The van der Waals surface area contributed by atoms with Crippen molar-refractivity contribution in [1.29, 1.82) is 0 Å². The molecule has 6 heteroatoms. The summed E-state index contributed by atoms with van der Waals surface area (Å²) in [6.45, 7) is 1.77. The number of oxazole rings is 1. The quantitative estimate of drug-likeness (QED) is 0.786. The predicted octanol–water partition coefficient (Wildman–Crippen LogP) is 3.73. The van der Waals surface area contributed by atoms with Crippen LogP contribution in [0.15, 0.2) is 45.4 Å². The van der Waals surface area contributed by atoms with Gasteiger partial charge in [-0.15, -0.1) is 0 Å². The Morgan fingerprint density at radius 1 is 1.40 bits per heavy atom. The number of nitrogens with zero attached hydrogens (tertiary/aromatic N) is 1. The lowest BCUT2D eigenvalue weighted by atomic mass is 10.1. The van der Waals surface area contributed by atoms with Crippen molar-refractivity contribution >= 4 is 5.91 Å². The number of carbonyl (C=O) groups is 1. The van der Waals surface area contributed by atoms with Crippen molar-refractivity contribution in [3.05, 3.63) is 65.0 Å². The summed E-state index contributed by atoms with van der Waals surface area (Å²) in [5.41, 5.74) is 2.53. The van der Waals surface area contributed by atoms with Crippen LogP contribution in [0.4, 0.5) is 4.39 Å². The van der Waals surface area contributed by atoms with Crippen LogP contribution in [0.5, 0.6) is 0 Å². The van der Waals surface area contributed by atoms with Crippen LogP contribution in [0.25, 0.3) is 11.7 Å². The van der Waals surface area contributed by atoms with Gasteiger partial charge in [-0.3, -0.25) is 4.79 Å². The third-order valence-corrected chi connectivity index (χ3v) is 4.47. The second-order valence-corrected chi connectivity index (χ2v) is 6.18. The van der Waals surface area contributed by atoms with Gasteiger partial charge in [-0.1, -0.05) is 6.07 Å². The molecule has 0 unspecified atom stereocenters. The highest BCUT2D eigenvalue weighted by molar-refractivity contribution is 5.79. The van der Waals surface area contributed by atoms with Crippen molar-refractivity contribution in [3.63, 3.8) is 0 Å². The summed E-state index contributed by atoms with van der Waals surface area (Å²) in [6.07, 6.45) is 3.22. The molecule has 1 aromatic carbocycles. The number of hydrogen-bond donors (Lipinski definition) is 1. The summed E-state index contributed by atoms with van der Waals surface area (Å²) in [6, 6.07) is 8.14. The number of aromatic nitrogens is 1. The molecule has 0 saturated heterocycles. The van der Waals surface area contributed by atoms with E-state index in [1.807, 2.05) is 0 Å². The van der Waals surface area contributed by atoms with Crippen molar-refractivity contribution in [3.8, 4) is 11.7 Å². The van der Waals surface area contributed by atoms with E-state index in [9.17, 15) is 9.18 Å². The Balaban J connectivity index is 1.45. The van der Waals surface area contributed by atoms with Gasteiger partial charge in [0, 0.05) is 0 Å². The molecular formula is C19H17FN2O3. The van der Waals surface area contributed by atoms with E-state index in [0.29, 0.717) is 23.1 Å². The summed E-state index contributed by atoms with van der Waals surface area (Å²) in [7, 11) is 0. The van der Waals surface area contributed by atoms with E-state index in [1.165, 1.54) is 6.07 Å². The van der Waals surface area contributed by atoms with Crippen LogP contribution in [-0.2, 0) is 17.6 Å². The zero-order chi connectivity index (χ0) is 17.4. The van der Waals surface area contributed by atoms with E-state index in [0.717, 1.165) is 24.0 Å². The van der Waals surface area contributed by atoms with E-state index in [-0.39, 0.29) is 24.2 Å². The maximum Gasteiger partial charge on any atom is 0.263 e. The Morgan fingerprint density at radius 3 is 3.08 bits per heavy atom. The molecule has 0 spiro atoms. The molecule has 0 fully saturated rings. The lowest BCUT2D eigenvalue weighted by Crippen LogP contribution is -2.28. The van der Waals surface area contributed by atoms with Gasteiger partial charge < -0.3 is 14.2 Å². The van der Waals surface area contributed by atoms with Gasteiger partial charge in [-0.05, 0) is 55.2 Å². The van der Waals surface area contributed by atoms with Crippen LogP contribution in [0, 0.1) is 12.7 Å². The Labute approximate surface area is 143 Å². The zero-order valence-electron chi connectivity index (χ0n) is 13.7. The van der Waals surface area contributed by atoms with E-state index < -0.39 is 0 Å². The maximum atomic E-state index is 13.3. The van der Waals surface area contributed by atoms with E-state index >= 15 is 0 Å². The van der Waals surface area contributed by atoms with Gasteiger partial charge in [-0.2, -0.15) is 0 Å². The molecule has 2 heterocycles. The number of carbonyl (C=O) groups excluding carboxylic acids is 1. The molecule has 1 amide bonds. The largest absolute Gasteiger partial charge is 0.459 e. The number of aryl methyl sites for hydroxylation is 2. The minimum Gasteiger partial charge on any atom is -0.459 e. The second kappa shape index (κ2) is 6.20. The lowest BCUT2D eigenvalue weighted by Gasteiger charge is -2.13. The van der Waals surface area contributed by atoms with Gasteiger partial charge in [0.15, 0.2) is 5.76 Å². The SMILES string of the molecule is Cc1oc(-c2ccco2)nc1CC(=O)N[C@@H]1CCc2cc(F)ccc21. The third-order valence-electron chi connectivity index (χ3n) is 4.47. The van der Waals surface area contributed by atoms with Gasteiger partial charge in [0.2, 0.25) is 5.91 Å². The number of amides is 1. The second-order valence-electron chi connectivity index (χ2n) is 6.18. The smallest absolute Gasteiger partial charge is 0.263 e. The number of nitrogens with one attached hydrogen (secondary N) is 1. The first kappa shape index (κ1) is 15.6. The van der Waals surface area contributed by atoms with Crippen LogP contribution in [0.2, 0.25) is 0 Å². The topological polar surface area (TPSA) is 68.3 Å². The van der Waals surface area contributed by atoms with Gasteiger partial charge >= 0.3 is 0 Å². The summed E-state index contributed by atoms with van der Waals surface area (Å²) < 4.78 is 24.1. The highest BCUT2D eigenvalue weighted by atomic mass is 19.1. The first-order chi connectivity index (χ1) is 12.1. The summed E-state index contributed by atoms with van der Waals surface area (Å²) in [5, 5.41) is 3.01. The Bertz CT molecular complexity index is 915. The number of halogens is 1. The van der Waals surface area contributed by atoms with Crippen LogP contribution in [0.3, 0.4) is 0 Å². The number of furan rings is 1. The van der Waals surface area contributed by atoms with Crippen molar-refractivity contribution in [2.24, 2.45) is 0 Å². The molecule has 1 aliphatic carbocycles. The Morgan fingerprint density at radius 2 is 2.28 bits per heavy atom. The highest BCUT2D eigenvalue weighted by Gasteiger charge is 2.25. The van der Waals surface area contributed by atoms with E-state index in [4.69, 9.17) is 8.83 Å². The first-order valence-electron chi connectivity index (χ1n) is 8.18. The number of rotatable bonds is 4. The van der Waals surface area contributed by atoms with Gasteiger partial charge in [0.05, 0.1) is 24.4 Å². The normalized spacial score (nSPS) is 16.0. The number of benzene rings is 1. The molecule has 2 aromatic heterocycles. The molecule has 0 bridgehead atoms. The Hall–Kier alpha value is -2.89. The third kappa shape index (κ3) is 3.07. The lowest BCUT2D eigenvalue weighted by molar-refractivity contribution is -0.121.